The van der Waals surface area contributed by atoms with Crippen molar-refractivity contribution in [3.8, 4) is 0 Å². The van der Waals surface area contributed by atoms with E-state index in [1.165, 1.54) is 25.0 Å². The van der Waals surface area contributed by atoms with E-state index in [1.54, 1.807) is 12.5 Å². The fourth-order valence-electron chi connectivity index (χ4n) is 2.44. The minimum absolute atomic E-state index is 0.433. The summed E-state index contributed by atoms with van der Waals surface area (Å²) in [5, 5.41) is 3.55. The van der Waals surface area contributed by atoms with Crippen LogP contribution in [0.15, 0.2) is 31.1 Å². The molecule has 5 heteroatoms. The lowest BCUT2D eigenvalue weighted by atomic mass is 10.0. The van der Waals surface area contributed by atoms with Crippen molar-refractivity contribution in [3.05, 3.63) is 42.5 Å². The molecule has 2 aromatic rings. The molecule has 1 atom stereocenters. The summed E-state index contributed by atoms with van der Waals surface area (Å²) in [4.78, 5) is 12.5. The van der Waals surface area contributed by atoms with E-state index < -0.39 is 0 Å². The van der Waals surface area contributed by atoms with Gasteiger partial charge >= 0.3 is 0 Å². The maximum Gasteiger partial charge on any atom is 0.115 e. The van der Waals surface area contributed by atoms with Crippen LogP contribution in [-0.4, -0.2) is 26.1 Å². The molecule has 18 heavy (non-hydrogen) atoms. The van der Waals surface area contributed by atoms with Crippen LogP contribution in [0.3, 0.4) is 0 Å². The molecule has 5 nitrogen and oxygen atoms in total. The summed E-state index contributed by atoms with van der Waals surface area (Å²) in [6, 6.07) is 2.38. The van der Waals surface area contributed by atoms with Gasteiger partial charge in [-0.25, -0.2) is 15.0 Å². The Kier molecular flexibility index (Phi) is 3.32. The maximum atomic E-state index is 4.27. The summed E-state index contributed by atoms with van der Waals surface area (Å²) in [5.74, 6) is 0. The molecule has 3 rings (SSSR count). The molecule has 1 unspecified atom stereocenters. The number of aromatic nitrogens is 4. The normalized spacial score (nSPS) is 19.9. The summed E-state index contributed by atoms with van der Waals surface area (Å²) in [6.45, 7) is 1.86. The molecule has 0 aliphatic carbocycles. The minimum atomic E-state index is 0.433. The first-order chi connectivity index (χ1) is 8.93. The number of imidazole rings is 1. The van der Waals surface area contributed by atoms with Gasteiger partial charge in [0.2, 0.25) is 0 Å². The van der Waals surface area contributed by atoms with E-state index in [4.69, 9.17) is 0 Å². The molecule has 0 bridgehead atoms. The third-order valence-corrected chi connectivity index (χ3v) is 3.39. The molecule has 1 saturated heterocycles. The second kappa shape index (κ2) is 5.27. The summed E-state index contributed by atoms with van der Waals surface area (Å²) in [7, 11) is 0. The Morgan fingerprint density at radius 1 is 1.33 bits per heavy atom. The highest BCUT2D eigenvalue weighted by atomic mass is 15.1. The van der Waals surface area contributed by atoms with Gasteiger partial charge in [-0.05, 0) is 25.5 Å². The average molecular weight is 243 g/mol. The standard InChI is InChI=1S/C13H17N5/c1-2-5-16-12(3-1)13-7-15-10-18(13)8-11-4-6-14-9-17-11/h4,6-7,9-10,12,16H,1-3,5,8H2. The fourth-order valence-corrected chi connectivity index (χ4v) is 2.44. The van der Waals surface area contributed by atoms with Gasteiger partial charge in [-0.1, -0.05) is 6.42 Å². The van der Waals surface area contributed by atoms with Gasteiger partial charge in [-0.2, -0.15) is 0 Å². The number of hydrogen-bond donors (Lipinski definition) is 1. The smallest absolute Gasteiger partial charge is 0.115 e. The largest absolute Gasteiger partial charge is 0.327 e. The van der Waals surface area contributed by atoms with E-state index in [2.05, 4.69) is 24.8 Å². The van der Waals surface area contributed by atoms with E-state index in [0.29, 0.717) is 6.04 Å². The molecule has 1 aliphatic heterocycles. The summed E-state index contributed by atoms with van der Waals surface area (Å²) in [6.07, 6.45) is 11.0. The Labute approximate surface area is 106 Å². The predicted molar refractivity (Wildman–Crippen MR) is 68.0 cm³/mol. The SMILES string of the molecule is c1cc(Cn2cncc2C2CCCCN2)ncn1. The molecular formula is C13H17N5. The van der Waals surface area contributed by atoms with Crippen molar-refractivity contribution in [1.29, 1.82) is 0 Å². The molecule has 0 spiro atoms. The Hall–Kier alpha value is -1.75. The third kappa shape index (κ3) is 2.41. The minimum Gasteiger partial charge on any atom is -0.327 e. The van der Waals surface area contributed by atoms with Crippen molar-refractivity contribution < 1.29 is 0 Å². The number of rotatable bonds is 3. The fraction of sp³-hybridized carbons (Fsp3) is 0.462. The van der Waals surface area contributed by atoms with Crippen molar-refractivity contribution in [2.75, 3.05) is 6.54 Å². The Bertz CT molecular complexity index is 487. The molecular weight excluding hydrogens is 226 g/mol. The van der Waals surface area contributed by atoms with E-state index in [-0.39, 0.29) is 0 Å². The second-order valence-corrected chi connectivity index (χ2v) is 4.65. The van der Waals surface area contributed by atoms with E-state index in [0.717, 1.165) is 18.8 Å². The van der Waals surface area contributed by atoms with Crippen LogP contribution in [0.25, 0.3) is 0 Å². The summed E-state index contributed by atoms with van der Waals surface area (Å²) >= 11 is 0. The van der Waals surface area contributed by atoms with Gasteiger partial charge < -0.3 is 9.88 Å². The van der Waals surface area contributed by atoms with Crippen LogP contribution in [0.1, 0.15) is 36.7 Å². The highest BCUT2D eigenvalue weighted by Gasteiger charge is 2.18. The Morgan fingerprint density at radius 2 is 2.33 bits per heavy atom. The van der Waals surface area contributed by atoms with Gasteiger partial charge in [0, 0.05) is 18.4 Å². The molecule has 1 fully saturated rings. The molecule has 0 saturated carbocycles. The first-order valence-electron chi connectivity index (χ1n) is 6.42. The van der Waals surface area contributed by atoms with Gasteiger partial charge in [0.05, 0.1) is 24.3 Å². The lowest BCUT2D eigenvalue weighted by molar-refractivity contribution is 0.395. The third-order valence-electron chi connectivity index (χ3n) is 3.39. The van der Waals surface area contributed by atoms with Crippen molar-refractivity contribution in [1.82, 2.24) is 24.8 Å². The van der Waals surface area contributed by atoms with Crippen molar-refractivity contribution in [3.63, 3.8) is 0 Å². The highest BCUT2D eigenvalue weighted by Crippen LogP contribution is 2.22. The number of nitrogens with zero attached hydrogens (tertiary/aromatic N) is 4. The van der Waals surface area contributed by atoms with E-state index >= 15 is 0 Å². The van der Waals surface area contributed by atoms with Gasteiger partial charge in [0.25, 0.3) is 0 Å². The van der Waals surface area contributed by atoms with Crippen LogP contribution >= 0.6 is 0 Å². The van der Waals surface area contributed by atoms with Gasteiger partial charge in [-0.3, -0.25) is 0 Å². The maximum absolute atomic E-state index is 4.27. The van der Waals surface area contributed by atoms with Crippen LogP contribution in [-0.2, 0) is 6.54 Å². The van der Waals surface area contributed by atoms with Crippen LogP contribution in [0.5, 0.6) is 0 Å². The quantitative estimate of drug-likeness (QED) is 0.888. The first kappa shape index (κ1) is 11.3. The summed E-state index contributed by atoms with van der Waals surface area (Å²) < 4.78 is 2.17. The Morgan fingerprint density at radius 3 is 3.11 bits per heavy atom. The molecule has 0 amide bonds. The lowest BCUT2D eigenvalue weighted by Gasteiger charge is -2.24. The van der Waals surface area contributed by atoms with Crippen LogP contribution in [0.2, 0.25) is 0 Å². The van der Waals surface area contributed by atoms with E-state index in [1.807, 2.05) is 18.6 Å². The molecule has 0 radical (unpaired) electrons. The number of nitrogens with one attached hydrogen (secondary N) is 1. The van der Waals surface area contributed by atoms with Crippen molar-refractivity contribution >= 4 is 0 Å². The highest BCUT2D eigenvalue weighted by molar-refractivity contribution is 5.09. The topological polar surface area (TPSA) is 55.6 Å². The molecule has 3 heterocycles. The zero-order valence-electron chi connectivity index (χ0n) is 10.3. The van der Waals surface area contributed by atoms with E-state index in [9.17, 15) is 0 Å². The van der Waals surface area contributed by atoms with Gasteiger partial charge in [-0.15, -0.1) is 0 Å². The lowest BCUT2D eigenvalue weighted by Crippen LogP contribution is -2.28. The van der Waals surface area contributed by atoms with Crippen molar-refractivity contribution in [2.45, 2.75) is 31.8 Å². The predicted octanol–water partition coefficient (Wildman–Crippen LogP) is 1.54. The monoisotopic (exact) mass is 243 g/mol. The molecule has 94 valence electrons. The second-order valence-electron chi connectivity index (χ2n) is 4.65. The zero-order chi connectivity index (χ0) is 12.2. The Balaban J connectivity index is 1.78. The van der Waals surface area contributed by atoms with Gasteiger partial charge in [0.15, 0.2) is 0 Å². The first-order valence-corrected chi connectivity index (χ1v) is 6.42. The van der Waals surface area contributed by atoms with Crippen LogP contribution < -0.4 is 5.32 Å². The number of piperidine rings is 1. The molecule has 1 aliphatic rings. The molecule has 0 aromatic carbocycles. The number of hydrogen-bond acceptors (Lipinski definition) is 4. The van der Waals surface area contributed by atoms with Crippen molar-refractivity contribution in [2.24, 2.45) is 0 Å². The van der Waals surface area contributed by atoms with Gasteiger partial charge in [0.1, 0.15) is 6.33 Å². The molecule has 1 N–H and O–H groups in total. The van der Waals surface area contributed by atoms with Crippen LogP contribution in [0, 0.1) is 0 Å². The average Bonchev–Trinajstić information content (AvgIpc) is 2.89. The summed E-state index contributed by atoms with van der Waals surface area (Å²) in [5.41, 5.74) is 2.27. The molecule has 2 aromatic heterocycles. The van der Waals surface area contributed by atoms with Crippen LogP contribution in [0.4, 0.5) is 0 Å². The zero-order valence-corrected chi connectivity index (χ0v) is 10.3.